The second-order valence-electron chi connectivity index (χ2n) is 6.86. The van der Waals surface area contributed by atoms with Crippen LogP contribution in [0.25, 0.3) is 0 Å². The Morgan fingerprint density at radius 2 is 1.96 bits per heavy atom. The quantitative estimate of drug-likeness (QED) is 0.722. The molecule has 1 aliphatic rings. The number of nitrogens with one attached hydrogen (secondary N) is 1. The van der Waals surface area contributed by atoms with Gasteiger partial charge in [-0.25, -0.2) is 22.1 Å². The van der Waals surface area contributed by atoms with Crippen LogP contribution in [0, 0.1) is 12.7 Å². The molecule has 3 N–H and O–H groups in total. The van der Waals surface area contributed by atoms with Gasteiger partial charge in [0.2, 0.25) is 16.0 Å². The maximum Gasteiger partial charge on any atom is 0.224 e. The zero-order valence-electron chi connectivity index (χ0n) is 15.6. The van der Waals surface area contributed by atoms with Gasteiger partial charge in [0.25, 0.3) is 0 Å². The number of carbonyl (C=O) groups is 1. The lowest BCUT2D eigenvalue weighted by Gasteiger charge is -2.30. The molecular formula is C18H22FN5O3S. The summed E-state index contributed by atoms with van der Waals surface area (Å²) >= 11 is 0. The highest BCUT2D eigenvalue weighted by Crippen LogP contribution is 2.21. The minimum absolute atomic E-state index is 0.000247. The third-order valence-corrected chi connectivity index (χ3v) is 6.07. The van der Waals surface area contributed by atoms with Crippen LogP contribution in [0.4, 0.5) is 16.2 Å². The summed E-state index contributed by atoms with van der Waals surface area (Å²) < 4.78 is 38.1. The second kappa shape index (κ2) is 7.80. The van der Waals surface area contributed by atoms with Crippen LogP contribution in [0.5, 0.6) is 0 Å². The van der Waals surface area contributed by atoms with Crippen LogP contribution in [0.15, 0.2) is 24.4 Å². The van der Waals surface area contributed by atoms with Crippen LogP contribution in [0.1, 0.15) is 34.3 Å². The number of hydrogen-bond acceptors (Lipinski definition) is 7. The molecule has 0 unspecified atom stereocenters. The number of halogens is 1. The fourth-order valence-electron chi connectivity index (χ4n) is 3.14. The molecule has 1 saturated heterocycles. The van der Waals surface area contributed by atoms with Gasteiger partial charge in [-0.2, -0.15) is 4.98 Å². The van der Waals surface area contributed by atoms with E-state index in [1.165, 1.54) is 35.0 Å². The SMILES string of the molecule is Cc1ccc(F)cc1C(=O)c1cnc(NC2CCN(S(C)(=O)=O)CC2)nc1N. The number of rotatable bonds is 5. The average molecular weight is 407 g/mol. The van der Waals surface area contributed by atoms with Crippen molar-refractivity contribution in [1.82, 2.24) is 14.3 Å². The molecule has 0 atom stereocenters. The van der Waals surface area contributed by atoms with E-state index in [2.05, 4.69) is 15.3 Å². The number of nitrogen functional groups attached to an aromatic ring is 1. The zero-order chi connectivity index (χ0) is 20.5. The van der Waals surface area contributed by atoms with Crippen LogP contribution in [0.2, 0.25) is 0 Å². The smallest absolute Gasteiger partial charge is 0.224 e. The van der Waals surface area contributed by atoms with Crippen LogP contribution >= 0.6 is 0 Å². The van der Waals surface area contributed by atoms with E-state index in [1.807, 2.05) is 0 Å². The summed E-state index contributed by atoms with van der Waals surface area (Å²) in [5.41, 5.74) is 6.88. The van der Waals surface area contributed by atoms with Crippen molar-refractivity contribution >= 4 is 27.6 Å². The molecule has 0 spiro atoms. The molecule has 28 heavy (non-hydrogen) atoms. The molecule has 0 radical (unpaired) electrons. The Morgan fingerprint density at radius 1 is 1.29 bits per heavy atom. The van der Waals surface area contributed by atoms with Crippen molar-refractivity contribution < 1.29 is 17.6 Å². The molecule has 2 aromatic rings. The van der Waals surface area contributed by atoms with E-state index in [-0.39, 0.29) is 28.9 Å². The minimum atomic E-state index is -3.19. The van der Waals surface area contributed by atoms with E-state index in [1.54, 1.807) is 6.92 Å². The average Bonchev–Trinajstić information content (AvgIpc) is 2.63. The van der Waals surface area contributed by atoms with E-state index in [4.69, 9.17) is 5.73 Å². The molecule has 1 fully saturated rings. The number of aromatic nitrogens is 2. The number of nitrogens with zero attached hydrogens (tertiary/aromatic N) is 3. The molecule has 0 saturated carbocycles. The normalized spacial score (nSPS) is 16.1. The van der Waals surface area contributed by atoms with Crippen molar-refractivity contribution in [3.8, 4) is 0 Å². The number of ketones is 1. The molecule has 0 bridgehead atoms. The first-order chi connectivity index (χ1) is 13.1. The van der Waals surface area contributed by atoms with Crippen LogP contribution in [0.3, 0.4) is 0 Å². The summed E-state index contributed by atoms with van der Waals surface area (Å²) in [4.78, 5) is 21.0. The highest BCUT2D eigenvalue weighted by atomic mass is 32.2. The third-order valence-electron chi connectivity index (χ3n) is 4.76. The molecule has 8 nitrogen and oxygen atoms in total. The van der Waals surface area contributed by atoms with Gasteiger partial charge in [-0.05, 0) is 37.5 Å². The van der Waals surface area contributed by atoms with Crippen molar-refractivity contribution in [3.05, 3.63) is 46.9 Å². The lowest BCUT2D eigenvalue weighted by molar-refractivity contribution is 0.103. The second-order valence-corrected chi connectivity index (χ2v) is 8.84. The van der Waals surface area contributed by atoms with Gasteiger partial charge in [0.1, 0.15) is 11.6 Å². The fourth-order valence-corrected chi connectivity index (χ4v) is 4.01. The lowest BCUT2D eigenvalue weighted by atomic mass is 10.0. The molecule has 0 aliphatic carbocycles. The van der Waals surface area contributed by atoms with Crippen LogP contribution in [-0.2, 0) is 10.0 Å². The zero-order valence-corrected chi connectivity index (χ0v) is 16.5. The van der Waals surface area contributed by atoms with Gasteiger partial charge in [-0.1, -0.05) is 6.07 Å². The number of nitrogens with two attached hydrogens (primary N) is 1. The van der Waals surface area contributed by atoms with E-state index in [0.717, 1.165) is 0 Å². The fraction of sp³-hybridized carbons (Fsp3) is 0.389. The number of piperidine rings is 1. The van der Waals surface area contributed by atoms with Crippen molar-refractivity contribution in [3.63, 3.8) is 0 Å². The van der Waals surface area contributed by atoms with E-state index < -0.39 is 21.6 Å². The predicted octanol–water partition coefficient (Wildman–Crippen LogP) is 1.57. The Kier molecular flexibility index (Phi) is 5.61. The standard InChI is InChI=1S/C18H22FN5O3S/c1-11-3-4-12(19)9-14(11)16(25)15-10-21-18(23-17(15)20)22-13-5-7-24(8-6-13)28(2,26)27/h3-4,9-10,13H,5-8H2,1-2H3,(H3,20,21,22,23). The number of sulfonamides is 1. The van der Waals surface area contributed by atoms with E-state index in [9.17, 15) is 17.6 Å². The molecule has 150 valence electrons. The van der Waals surface area contributed by atoms with Gasteiger partial charge in [0, 0.05) is 30.9 Å². The van der Waals surface area contributed by atoms with Crippen molar-refractivity contribution in [2.45, 2.75) is 25.8 Å². The van der Waals surface area contributed by atoms with Gasteiger partial charge in [0.05, 0.1) is 11.8 Å². The number of anilines is 2. The summed E-state index contributed by atoms with van der Waals surface area (Å²) in [5, 5.41) is 3.13. The van der Waals surface area contributed by atoms with Crippen LogP contribution < -0.4 is 11.1 Å². The molecule has 3 rings (SSSR count). The highest BCUT2D eigenvalue weighted by molar-refractivity contribution is 7.88. The van der Waals surface area contributed by atoms with Gasteiger partial charge in [0.15, 0.2) is 5.78 Å². The Labute approximate surface area is 163 Å². The Morgan fingerprint density at radius 3 is 2.57 bits per heavy atom. The number of hydrogen-bond donors (Lipinski definition) is 2. The highest BCUT2D eigenvalue weighted by Gasteiger charge is 2.25. The first kappa shape index (κ1) is 20.2. The minimum Gasteiger partial charge on any atom is -0.383 e. The maximum atomic E-state index is 13.5. The Bertz CT molecular complexity index is 1000. The maximum absolute atomic E-state index is 13.5. The lowest BCUT2D eigenvalue weighted by Crippen LogP contribution is -2.42. The summed E-state index contributed by atoms with van der Waals surface area (Å²) in [7, 11) is -3.19. The Balaban J connectivity index is 1.71. The van der Waals surface area contributed by atoms with Gasteiger partial charge in [-0.3, -0.25) is 4.79 Å². The Hall–Kier alpha value is -2.59. The van der Waals surface area contributed by atoms with E-state index in [0.29, 0.717) is 31.5 Å². The van der Waals surface area contributed by atoms with Crippen molar-refractivity contribution in [2.75, 3.05) is 30.4 Å². The van der Waals surface area contributed by atoms with Gasteiger partial charge < -0.3 is 11.1 Å². The molecule has 1 aliphatic heterocycles. The van der Waals surface area contributed by atoms with E-state index >= 15 is 0 Å². The number of aryl methyl sites for hydroxylation is 1. The predicted molar refractivity (Wildman–Crippen MR) is 104 cm³/mol. The molecule has 0 amide bonds. The summed E-state index contributed by atoms with van der Waals surface area (Å²) in [6.07, 6.45) is 3.74. The summed E-state index contributed by atoms with van der Waals surface area (Å²) in [5.74, 6) is -0.683. The summed E-state index contributed by atoms with van der Waals surface area (Å²) in [6, 6.07) is 3.98. The van der Waals surface area contributed by atoms with Crippen molar-refractivity contribution in [1.29, 1.82) is 0 Å². The molecule has 2 heterocycles. The monoisotopic (exact) mass is 407 g/mol. The molecule has 1 aromatic carbocycles. The number of benzene rings is 1. The number of carbonyl (C=O) groups excluding carboxylic acids is 1. The third kappa shape index (κ3) is 4.45. The van der Waals surface area contributed by atoms with Crippen molar-refractivity contribution in [2.24, 2.45) is 0 Å². The first-order valence-electron chi connectivity index (χ1n) is 8.80. The topological polar surface area (TPSA) is 118 Å². The van der Waals surface area contributed by atoms with Gasteiger partial charge >= 0.3 is 0 Å². The van der Waals surface area contributed by atoms with Crippen LogP contribution in [-0.4, -0.2) is 53.9 Å². The largest absolute Gasteiger partial charge is 0.383 e. The molecule has 10 heteroatoms. The van der Waals surface area contributed by atoms with Gasteiger partial charge in [-0.15, -0.1) is 0 Å². The molecular weight excluding hydrogens is 385 g/mol. The first-order valence-corrected chi connectivity index (χ1v) is 10.6. The summed E-state index contributed by atoms with van der Waals surface area (Å²) in [6.45, 7) is 2.55. The molecule has 1 aromatic heterocycles.